The molecule has 0 aliphatic carbocycles. The zero-order chi connectivity index (χ0) is 18.3. The van der Waals surface area contributed by atoms with Crippen molar-refractivity contribution in [3.63, 3.8) is 0 Å². The van der Waals surface area contributed by atoms with Gasteiger partial charge in [0.25, 0.3) is 0 Å². The highest BCUT2D eigenvalue weighted by molar-refractivity contribution is 9.09. The van der Waals surface area contributed by atoms with Crippen LogP contribution in [0.2, 0.25) is 0 Å². The molecule has 0 bridgehead atoms. The molecule has 0 aliphatic heterocycles. The number of hydrogen-bond acceptors (Lipinski definition) is 4. The lowest BCUT2D eigenvalue weighted by Crippen LogP contribution is -2.03. The largest absolute Gasteiger partial charge is 0.381 e. The van der Waals surface area contributed by atoms with E-state index in [1.54, 1.807) is 18.3 Å². The average Bonchev–Trinajstić information content (AvgIpc) is 2.62. The maximum absolute atomic E-state index is 12.1. The Hall–Kier alpha value is -1.77. The van der Waals surface area contributed by atoms with Gasteiger partial charge < -0.3 is 4.74 Å². The number of Topliss-reactive ketones (excluding diaryl/α,β-unsaturated/α-hetero) is 2. The lowest BCUT2D eigenvalue weighted by Gasteiger charge is -2.03. The predicted molar refractivity (Wildman–Crippen MR) is 105 cm³/mol. The molecule has 1 aromatic carbocycles. The van der Waals surface area contributed by atoms with Crippen LogP contribution in [0.25, 0.3) is 0 Å². The highest BCUT2D eigenvalue weighted by Gasteiger charge is 2.05. The van der Waals surface area contributed by atoms with Crippen LogP contribution in [0.1, 0.15) is 48.5 Å². The van der Waals surface area contributed by atoms with Gasteiger partial charge in [0.05, 0.1) is 18.3 Å². The number of benzene rings is 1. The highest BCUT2D eigenvalue weighted by atomic mass is 79.9. The van der Waals surface area contributed by atoms with Crippen LogP contribution >= 0.6 is 15.9 Å². The molecule has 0 spiro atoms. The van der Waals surface area contributed by atoms with Crippen molar-refractivity contribution in [2.75, 3.05) is 25.1 Å². The molecule has 0 amide bonds. The Labute approximate surface area is 158 Å². The fourth-order valence-electron chi connectivity index (χ4n) is 2.00. The van der Waals surface area contributed by atoms with Crippen LogP contribution in [-0.2, 0) is 9.53 Å². The third-order valence-corrected chi connectivity index (χ3v) is 3.54. The molecule has 25 heavy (non-hydrogen) atoms. The molecule has 1 aromatic rings. The summed E-state index contributed by atoms with van der Waals surface area (Å²) in [5, 5.41) is 0.570. The number of alkyl halides is 1. The first-order chi connectivity index (χ1) is 12.2. The molecule has 0 heterocycles. The Bertz CT molecular complexity index is 627. The van der Waals surface area contributed by atoms with Crippen molar-refractivity contribution in [1.82, 2.24) is 0 Å². The SMILES string of the molecule is CCCOCCCC(=O)c1ccc(C=NCC(=O)CC#CCBr)cc1. The van der Waals surface area contributed by atoms with Gasteiger partial charge in [0, 0.05) is 31.4 Å². The molecular formula is C20H24BrNO3. The zero-order valence-corrected chi connectivity index (χ0v) is 16.2. The smallest absolute Gasteiger partial charge is 0.166 e. The van der Waals surface area contributed by atoms with E-state index in [-0.39, 0.29) is 24.5 Å². The van der Waals surface area contributed by atoms with Crippen molar-refractivity contribution in [2.45, 2.75) is 32.6 Å². The number of carbonyl (C=O) groups is 2. The minimum absolute atomic E-state index is 0.0122. The molecule has 0 N–H and O–H groups in total. The number of carbonyl (C=O) groups excluding carboxylic acids is 2. The molecule has 134 valence electrons. The van der Waals surface area contributed by atoms with Crippen LogP contribution in [0.4, 0.5) is 0 Å². The van der Waals surface area contributed by atoms with E-state index in [0.29, 0.717) is 23.9 Å². The predicted octanol–water partition coefficient (Wildman–Crippen LogP) is 3.85. The van der Waals surface area contributed by atoms with E-state index >= 15 is 0 Å². The van der Waals surface area contributed by atoms with Gasteiger partial charge in [-0.05, 0) is 18.4 Å². The van der Waals surface area contributed by atoms with E-state index in [9.17, 15) is 9.59 Å². The lowest BCUT2D eigenvalue weighted by atomic mass is 10.1. The maximum atomic E-state index is 12.1. The van der Waals surface area contributed by atoms with E-state index in [1.807, 2.05) is 12.1 Å². The summed E-state index contributed by atoms with van der Waals surface area (Å²) in [5.74, 6) is 5.65. The van der Waals surface area contributed by atoms with E-state index in [0.717, 1.165) is 25.0 Å². The standard InChI is InChI=1S/C20H24BrNO3/c1-2-13-25-14-5-7-20(24)18-10-8-17(9-11-18)15-22-16-19(23)6-3-4-12-21/h8-11,15H,2,5-7,12-14,16H2,1H3. The molecule has 0 radical (unpaired) electrons. The van der Waals surface area contributed by atoms with Gasteiger partial charge in [0.1, 0.15) is 0 Å². The minimum atomic E-state index is -0.0122. The quantitative estimate of drug-likeness (QED) is 0.184. The van der Waals surface area contributed by atoms with Crippen molar-refractivity contribution in [3.8, 4) is 11.8 Å². The van der Waals surface area contributed by atoms with Crippen molar-refractivity contribution in [3.05, 3.63) is 35.4 Å². The summed E-state index contributed by atoms with van der Waals surface area (Å²) in [6.45, 7) is 3.55. The maximum Gasteiger partial charge on any atom is 0.166 e. The first-order valence-electron chi connectivity index (χ1n) is 8.41. The van der Waals surface area contributed by atoms with Gasteiger partial charge in [-0.15, -0.1) is 0 Å². The fourth-order valence-corrected chi connectivity index (χ4v) is 2.20. The van der Waals surface area contributed by atoms with Crippen LogP contribution < -0.4 is 0 Å². The Morgan fingerprint density at radius 3 is 2.64 bits per heavy atom. The second kappa shape index (κ2) is 13.5. The summed E-state index contributed by atoms with van der Waals surface area (Å²) in [4.78, 5) is 27.7. The third-order valence-electron chi connectivity index (χ3n) is 3.26. The normalized spacial score (nSPS) is 10.5. The van der Waals surface area contributed by atoms with E-state index in [4.69, 9.17) is 4.74 Å². The number of ether oxygens (including phenoxy) is 1. The number of ketones is 2. The number of nitrogens with zero attached hydrogens (tertiary/aromatic N) is 1. The van der Waals surface area contributed by atoms with Gasteiger partial charge in [-0.25, -0.2) is 0 Å². The molecule has 0 fully saturated rings. The Morgan fingerprint density at radius 2 is 1.96 bits per heavy atom. The van der Waals surface area contributed by atoms with E-state index in [1.165, 1.54) is 0 Å². The van der Waals surface area contributed by atoms with Gasteiger partial charge in [0.2, 0.25) is 0 Å². The van der Waals surface area contributed by atoms with Gasteiger partial charge >= 0.3 is 0 Å². The number of halogens is 1. The Morgan fingerprint density at radius 1 is 1.20 bits per heavy atom. The minimum Gasteiger partial charge on any atom is -0.381 e. The van der Waals surface area contributed by atoms with Gasteiger partial charge in [-0.1, -0.05) is 59.0 Å². The molecule has 0 atom stereocenters. The first kappa shape index (κ1) is 21.3. The third kappa shape index (κ3) is 9.96. The van der Waals surface area contributed by atoms with Crippen molar-refractivity contribution >= 4 is 33.7 Å². The second-order valence-corrected chi connectivity index (χ2v) is 5.99. The van der Waals surface area contributed by atoms with Gasteiger partial charge in [-0.3, -0.25) is 14.6 Å². The first-order valence-corrected chi connectivity index (χ1v) is 9.53. The van der Waals surface area contributed by atoms with Crippen molar-refractivity contribution in [1.29, 1.82) is 0 Å². The summed E-state index contributed by atoms with van der Waals surface area (Å²) < 4.78 is 5.37. The van der Waals surface area contributed by atoms with Gasteiger partial charge in [-0.2, -0.15) is 0 Å². The summed E-state index contributed by atoms with van der Waals surface area (Å²) in [5.41, 5.74) is 1.55. The van der Waals surface area contributed by atoms with Crippen LogP contribution in [0.5, 0.6) is 0 Å². The second-order valence-electron chi connectivity index (χ2n) is 5.43. The average molecular weight is 406 g/mol. The van der Waals surface area contributed by atoms with Crippen molar-refractivity contribution in [2.24, 2.45) is 4.99 Å². The molecule has 0 unspecified atom stereocenters. The van der Waals surface area contributed by atoms with Crippen LogP contribution in [0.3, 0.4) is 0 Å². The summed E-state index contributed by atoms with van der Waals surface area (Å²) in [6, 6.07) is 7.25. The van der Waals surface area contributed by atoms with Crippen molar-refractivity contribution < 1.29 is 14.3 Å². The number of hydrogen-bond donors (Lipinski definition) is 0. The molecule has 4 nitrogen and oxygen atoms in total. The molecule has 0 aliphatic rings. The number of rotatable bonds is 11. The summed E-state index contributed by atoms with van der Waals surface area (Å²) >= 11 is 3.18. The molecule has 0 aromatic heterocycles. The van der Waals surface area contributed by atoms with E-state index in [2.05, 4.69) is 39.7 Å². The Kier molecular flexibility index (Phi) is 11.5. The van der Waals surface area contributed by atoms with Crippen LogP contribution in [-0.4, -0.2) is 42.9 Å². The molecule has 1 rings (SSSR count). The molecular weight excluding hydrogens is 382 g/mol. The Balaban J connectivity index is 2.38. The van der Waals surface area contributed by atoms with Crippen LogP contribution in [0.15, 0.2) is 29.3 Å². The molecule has 0 saturated carbocycles. The van der Waals surface area contributed by atoms with Crippen LogP contribution in [0, 0.1) is 11.8 Å². The highest BCUT2D eigenvalue weighted by Crippen LogP contribution is 2.07. The topological polar surface area (TPSA) is 55.7 Å². The zero-order valence-electron chi connectivity index (χ0n) is 14.6. The van der Waals surface area contributed by atoms with E-state index < -0.39 is 0 Å². The molecule has 0 saturated heterocycles. The summed E-state index contributed by atoms with van der Waals surface area (Å²) in [6.07, 6.45) is 4.08. The molecule has 5 heteroatoms. The fraction of sp³-hybridized carbons (Fsp3) is 0.450. The van der Waals surface area contributed by atoms with Gasteiger partial charge in [0.15, 0.2) is 11.6 Å². The number of aliphatic imine (C=N–C) groups is 1. The summed E-state index contributed by atoms with van der Waals surface area (Å²) in [7, 11) is 0. The lowest BCUT2D eigenvalue weighted by molar-refractivity contribution is -0.116. The monoisotopic (exact) mass is 405 g/mol.